The standard InChI is InChI=1S/C19H22FN3O.2ClH/c1-13-10-15(20)7-8-18(13)23-9-3-6-17(12-23)22-19(24)14-4-2-5-16(21)11-14;;/h2,4-5,7-8,10-11,17H,3,6,9,12,21H2,1H3,(H,22,24);2*1H. The third kappa shape index (κ3) is 5.26. The molecule has 0 radical (unpaired) electrons. The van der Waals surface area contributed by atoms with E-state index in [1.54, 1.807) is 30.3 Å². The number of amides is 1. The van der Waals surface area contributed by atoms with Crippen LogP contribution in [0.4, 0.5) is 15.8 Å². The lowest BCUT2D eigenvalue weighted by Gasteiger charge is -2.35. The van der Waals surface area contributed by atoms with Crippen LogP contribution in [0.15, 0.2) is 42.5 Å². The number of halogens is 3. The number of piperidine rings is 1. The molecule has 0 spiro atoms. The molecule has 1 unspecified atom stereocenters. The smallest absolute Gasteiger partial charge is 0.251 e. The fraction of sp³-hybridized carbons (Fsp3) is 0.316. The minimum atomic E-state index is -0.222. The van der Waals surface area contributed by atoms with Crippen molar-refractivity contribution < 1.29 is 9.18 Å². The molecule has 3 N–H and O–H groups in total. The Morgan fingerprint density at radius 3 is 2.69 bits per heavy atom. The van der Waals surface area contributed by atoms with Gasteiger partial charge < -0.3 is 16.0 Å². The Hall–Kier alpha value is -1.98. The lowest BCUT2D eigenvalue weighted by Crippen LogP contribution is -2.48. The molecule has 7 heteroatoms. The number of hydrogen-bond donors (Lipinski definition) is 2. The summed E-state index contributed by atoms with van der Waals surface area (Å²) in [6, 6.07) is 11.9. The van der Waals surface area contributed by atoms with Crippen LogP contribution in [0, 0.1) is 12.7 Å². The number of hydrogen-bond acceptors (Lipinski definition) is 3. The molecule has 1 heterocycles. The van der Waals surface area contributed by atoms with Crippen LogP contribution in [0.3, 0.4) is 0 Å². The van der Waals surface area contributed by atoms with Gasteiger partial charge in [0.1, 0.15) is 5.82 Å². The van der Waals surface area contributed by atoms with Crippen molar-refractivity contribution in [3.05, 3.63) is 59.4 Å². The molecule has 0 bridgehead atoms. The summed E-state index contributed by atoms with van der Waals surface area (Å²) in [6.45, 7) is 3.55. The van der Waals surface area contributed by atoms with Crippen LogP contribution in [-0.4, -0.2) is 25.0 Å². The summed E-state index contributed by atoms with van der Waals surface area (Å²) in [5.41, 5.74) is 8.83. The Labute approximate surface area is 165 Å². The number of nitrogens with zero attached hydrogens (tertiary/aromatic N) is 1. The number of carbonyl (C=O) groups is 1. The first-order valence-corrected chi connectivity index (χ1v) is 8.20. The van der Waals surface area contributed by atoms with E-state index in [-0.39, 0.29) is 42.6 Å². The Kier molecular flexibility index (Phi) is 8.18. The molecule has 4 nitrogen and oxygen atoms in total. The summed E-state index contributed by atoms with van der Waals surface area (Å²) in [7, 11) is 0. The Morgan fingerprint density at radius 2 is 2.00 bits per heavy atom. The molecule has 2 aromatic carbocycles. The number of rotatable bonds is 3. The Bertz CT molecular complexity index is 757. The second-order valence-electron chi connectivity index (χ2n) is 6.31. The molecule has 1 atom stereocenters. The molecule has 1 fully saturated rings. The minimum absolute atomic E-state index is 0. The number of carbonyl (C=O) groups excluding carboxylic acids is 1. The van der Waals surface area contributed by atoms with Crippen LogP contribution < -0.4 is 16.0 Å². The van der Waals surface area contributed by atoms with E-state index in [9.17, 15) is 9.18 Å². The molecule has 142 valence electrons. The third-order valence-corrected chi connectivity index (χ3v) is 4.40. The van der Waals surface area contributed by atoms with Gasteiger partial charge in [-0.2, -0.15) is 0 Å². The topological polar surface area (TPSA) is 58.4 Å². The molecule has 1 aliphatic heterocycles. The van der Waals surface area contributed by atoms with E-state index < -0.39 is 0 Å². The van der Waals surface area contributed by atoms with Crippen molar-refractivity contribution in [2.45, 2.75) is 25.8 Å². The predicted octanol–water partition coefficient (Wildman–Crippen LogP) is 3.96. The van der Waals surface area contributed by atoms with Gasteiger partial charge in [0.05, 0.1) is 0 Å². The lowest BCUT2D eigenvalue weighted by molar-refractivity contribution is 0.0933. The summed E-state index contributed by atoms with van der Waals surface area (Å²) in [5, 5.41) is 3.08. The zero-order valence-electron chi connectivity index (χ0n) is 14.6. The van der Waals surface area contributed by atoms with Crippen molar-refractivity contribution in [1.82, 2.24) is 5.32 Å². The second-order valence-corrected chi connectivity index (χ2v) is 6.31. The molecule has 0 aliphatic carbocycles. The van der Waals surface area contributed by atoms with Gasteiger partial charge in [0.15, 0.2) is 0 Å². The van der Waals surface area contributed by atoms with Crippen molar-refractivity contribution in [3.63, 3.8) is 0 Å². The molecule has 26 heavy (non-hydrogen) atoms. The summed E-state index contributed by atoms with van der Waals surface area (Å²) >= 11 is 0. The van der Waals surface area contributed by atoms with E-state index in [2.05, 4.69) is 10.2 Å². The van der Waals surface area contributed by atoms with E-state index in [1.807, 2.05) is 13.0 Å². The van der Waals surface area contributed by atoms with Gasteiger partial charge in [0, 0.05) is 36.1 Å². The number of nitrogen functional groups attached to an aromatic ring is 1. The van der Waals surface area contributed by atoms with Gasteiger partial charge in [0.25, 0.3) is 5.91 Å². The maximum atomic E-state index is 13.3. The molecule has 3 rings (SSSR count). The first-order chi connectivity index (χ1) is 11.5. The SMILES string of the molecule is Cc1cc(F)ccc1N1CCCC(NC(=O)c2cccc(N)c2)C1.Cl.Cl. The average molecular weight is 400 g/mol. The van der Waals surface area contributed by atoms with Gasteiger partial charge in [-0.15, -0.1) is 24.8 Å². The van der Waals surface area contributed by atoms with Gasteiger partial charge >= 0.3 is 0 Å². The number of benzene rings is 2. The molecule has 1 saturated heterocycles. The molecule has 0 aromatic heterocycles. The van der Waals surface area contributed by atoms with Gasteiger partial charge in [-0.3, -0.25) is 4.79 Å². The van der Waals surface area contributed by atoms with E-state index in [0.717, 1.165) is 37.2 Å². The van der Waals surface area contributed by atoms with E-state index >= 15 is 0 Å². The first-order valence-electron chi connectivity index (χ1n) is 8.20. The molecular weight excluding hydrogens is 376 g/mol. The number of nitrogens with two attached hydrogens (primary N) is 1. The molecule has 1 aliphatic rings. The van der Waals surface area contributed by atoms with Crippen LogP contribution >= 0.6 is 24.8 Å². The fourth-order valence-electron chi connectivity index (χ4n) is 3.24. The normalized spacial score (nSPS) is 16.2. The maximum absolute atomic E-state index is 13.3. The van der Waals surface area contributed by atoms with Crippen LogP contribution in [0.1, 0.15) is 28.8 Å². The van der Waals surface area contributed by atoms with Gasteiger partial charge in [-0.05, 0) is 61.7 Å². The monoisotopic (exact) mass is 399 g/mol. The quantitative estimate of drug-likeness (QED) is 0.767. The predicted molar refractivity (Wildman–Crippen MR) is 109 cm³/mol. The summed E-state index contributed by atoms with van der Waals surface area (Å²) in [4.78, 5) is 14.6. The minimum Gasteiger partial charge on any atom is -0.399 e. The van der Waals surface area contributed by atoms with Crippen molar-refractivity contribution in [3.8, 4) is 0 Å². The number of nitrogens with one attached hydrogen (secondary N) is 1. The van der Waals surface area contributed by atoms with Crippen molar-refractivity contribution >= 4 is 42.1 Å². The van der Waals surface area contributed by atoms with Crippen LogP contribution in [-0.2, 0) is 0 Å². The second kappa shape index (κ2) is 9.64. The summed E-state index contributed by atoms with van der Waals surface area (Å²) in [6.07, 6.45) is 1.92. The zero-order chi connectivity index (χ0) is 17.1. The maximum Gasteiger partial charge on any atom is 0.251 e. The van der Waals surface area contributed by atoms with Gasteiger partial charge in [-0.1, -0.05) is 6.07 Å². The van der Waals surface area contributed by atoms with Crippen molar-refractivity contribution in [2.75, 3.05) is 23.7 Å². The Balaban J connectivity index is 0.00000169. The lowest BCUT2D eigenvalue weighted by atomic mass is 10.0. The average Bonchev–Trinajstić information content (AvgIpc) is 2.55. The van der Waals surface area contributed by atoms with E-state index in [0.29, 0.717) is 11.3 Å². The molecule has 0 saturated carbocycles. The Morgan fingerprint density at radius 1 is 1.23 bits per heavy atom. The highest BCUT2D eigenvalue weighted by Gasteiger charge is 2.23. The number of anilines is 2. The molecular formula is C19H24Cl2FN3O. The highest BCUT2D eigenvalue weighted by Crippen LogP contribution is 2.24. The fourth-order valence-corrected chi connectivity index (χ4v) is 3.24. The van der Waals surface area contributed by atoms with E-state index in [4.69, 9.17) is 5.73 Å². The number of aryl methyl sites for hydroxylation is 1. The van der Waals surface area contributed by atoms with Gasteiger partial charge in [0.2, 0.25) is 0 Å². The van der Waals surface area contributed by atoms with Crippen LogP contribution in [0.2, 0.25) is 0 Å². The van der Waals surface area contributed by atoms with E-state index in [1.165, 1.54) is 6.07 Å². The van der Waals surface area contributed by atoms with Gasteiger partial charge in [-0.25, -0.2) is 4.39 Å². The third-order valence-electron chi connectivity index (χ3n) is 4.40. The van der Waals surface area contributed by atoms with Crippen LogP contribution in [0.5, 0.6) is 0 Å². The summed E-state index contributed by atoms with van der Waals surface area (Å²) in [5.74, 6) is -0.329. The zero-order valence-corrected chi connectivity index (χ0v) is 16.2. The summed E-state index contributed by atoms with van der Waals surface area (Å²) < 4.78 is 13.3. The van der Waals surface area contributed by atoms with Crippen molar-refractivity contribution in [2.24, 2.45) is 0 Å². The van der Waals surface area contributed by atoms with Crippen LogP contribution in [0.25, 0.3) is 0 Å². The highest BCUT2D eigenvalue weighted by atomic mass is 35.5. The highest BCUT2D eigenvalue weighted by molar-refractivity contribution is 5.95. The molecule has 1 amide bonds. The largest absolute Gasteiger partial charge is 0.399 e. The van der Waals surface area contributed by atoms with Crippen molar-refractivity contribution in [1.29, 1.82) is 0 Å². The first kappa shape index (κ1) is 22.1. The molecule has 2 aromatic rings.